The van der Waals surface area contributed by atoms with E-state index in [1.165, 1.54) is 6.42 Å². The van der Waals surface area contributed by atoms with Crippen LogP contribution in [0.3, 0.4) is 0 Å². The highest BCUT2D eigenvalue weighted by atomic mass is 16.6. The molecule has 2 unspecified atom stereocenters. The molecule has 0 aliphatic carbocycles. The number of ether oxygens (including phenoxy) is 2. The molecule has 0 aromatic rings. The van der Waals surface area contributed by atoms with Crippen LogP contribution in [0.25, 0.3) is 0 Å². The third-order valence-corrected chi connectivity index (χ3v) is 2.80. The van der Waals surface area contributed by atoms with Crippen LogP contribution in [0, 0.1) is 5.92 Å². The SMILES string of the molecule is CC(C)(C)OC(=O)NCC(N)CC1CCCOC1. The van der Waals surface area contributed by atoms with Crippen LogP contribution < -0.4 is 11.1 Å². The Morgan fingerprint density at radius 1 is 1.56 bits per heavy atom. The Balaban J connectivity index is 2.16. The normalized spacial score (nSPS) is 22.3. The molecule has 1 amide bonds. The molecule has 3 N–H and O–H groups in total. The topological polar surface area (TPSA) is 73.6 Å². The van der Waals surface area contributed by atoms with Crippen LogP contribution in [-0.4, -0.2) is 37.5 Å². The number of nitrogens with two attached hydrogens (primary N) is 1. The Kier molecular flexibility index (Phi) is 5.88. The highest BCUT2D eigenvalue weighted by Crippen LogP contribution is 2.18. The molecule has 2 atom stereocenters. The Bertz CT molecular complexity index is 257. The van der Waals surface area contributed by atoms with Crippen molar-refractivity contribution >= 4 is 6.09 Å². The second kappa shape index (κ2) is 6.95. The number of carbonyl (C=O) groups excluding carboxylic acids is 1. The minimum atomic E-state index is -0.467. The van der Waals surface area contributed by atoms with Gasteiger partial charge in [0.15, 0.2) is 0 Å². The van der Waals surface area contributed by atoms with E-state index in [0.29, 0.717) is 12.5 Å². The summed E-state index contributed by atoms with van der Waals surface area (Å²) in [5.74, 6) is 0.522. The summed E-state index contributed by atoms with van der Waals surface area (Å²) in [6, 6.07) is -0.0378. The zero-order chi connectivity index (χ0) is 13.6. The van der Waals surface area contributed by atoms with Crippen LogP contribution in [0.2, 0.25) is 0 Å². The number of rotatable bonds is 4. The fourth-order valence-corrected chi connectivity index (χ4v) is 2.03. The van der Waals surface area contributed by atoms with E-state index < -0.39 is 11.7 Å². The monoisotopic (exact) mass is 258 g/mol. The maximum Gasteiger partial charge on any atom is 0.407 e. The van der Waals surface area contributed by atoms with Crippen molar-refractivity contribution < 1.29 is 14.3 Å². The van der Waals surface area contributed by atoms with Gasteiger partial charge in [0.05, 0.1) is 0 Å². The third-order valence-electron chi connectivity index (χ3n) is 2.80. The number of hydrogen-bond donors (Lipinski definition) is 2. The van der Waals surface area contributed by atoms with Crippen LogP contribution in [0.1, 0.15) is 40.0 Å². The van der Waals surface area contributed by atoms with Crippen LogP contribution in [0.15, 0.2) is 0 Å². The lowest BCUT2D eigenvalue weighted by molar-refractivity contribution is 0.0462. The van der Waals surface area contributed by atoms with E-state index in [1.54, 1.807) is 0 Å². The van der Waals surface area contributed by atoms with Gasteiger partial charge in [0.1, 0.15) is 5.60 Å². The van der Waals surface area contributed by atoms with Gasteiger partial charge in [-0.2, -0.15) is 0 Å². The summed E-state index contributed by atoms with van der Waals surface area (Å²) in [6.45, 7) is 7.62. The first kappa shape index (κ1) is 15.2. The fraction of sp³-hybridized carbons (Fsp3) is 0.923. The van der Waals surface area contributed by atoms with Crippen molar-refractivity contribution in [1.82, 2.24) is 5.32 Å². The van der Waals surface area contributed by atoms with E-state index >= 15 is 0 Å². The molecule has 0 bridgehead atoms. The second-order valence-corrected chi connectivity index (χ2v) is 5.96. The lowest BCUT2D eigenvalue weighted by atomic mass is 9.95. The first-order valence-electron chi connectivity index (χ1n) is 6.67. The predicted molar refractivity (Wildman–Crippen MR) is 70.4 cm³/mol. The number of alkyl carbamates (subject to hydrolysis) is 1. The van der Waals surface area contributed by atoms with E-state index in [0.717, 1.165) is 26.1 Å². The molecular formula is C13H26N2O3. The van der Waals surface area contributed by atoms with Crippen molar-refractivity contribution in [1.29, 1.82) is 0 Å². The quantitative estimate of drug-likeness (QED) is 0.804. The number of amides is 1. The lowest BCUT2D eigenvalue weighted by Gasteiger charge is -2.25. The minimum Gasteiger partial charge on any atom is -0.444 e. The van der Waals surface area contributed by atoms with Crippen molar-refractivity contribution in [3.8, 4) is 0 Å². The smallest absolute Gasteiger partial charge is 0.407 e. The molecule has 1 aliphatic heterocycles. The molecule has 1 heterocycles. The molecule has 1 saturated heterocycles. The number of hydrogen-bond acceptors (Lipinski definition) is 4. The van der Waals surface area contributed by atoms with Crippen molar-refractivity contribution in [2.24, 2.45) is 11.7 Å². The van der Waals surface area contributed by atoms with Gasteiger partial charge in [-0.25, -0.2) is 4.79 Å². The van der Waals surface area contributed by atoms with Gasteiger partial charge in [0.2, 0.25) is 0 Å². The van der Waals surface area contributed by atoms with Crippen molar-refractivity contribution in [3.05, 3.63) is 0 Å². The molecule has 0 aromatic carbocycles. The summed E-state index contributed by atoms with van der Waals surface area (Å²) in [4.78, 5) is 11.4. The average molecular weight is 258 g/mol. The lowest BCUT2D eigenvalue weighted by Crippen LogP contribution is -2.41. The predicted octanol–water partition coefficient (Wildman–Crippen LogP) is 1.66. The first-order valence-corrected chi connectivity index (χ1v) is 6.67. The molecule has 106 valence electrons. The van der Waals surface area contributed by atoms with Gasteiger partial charge in [-0.05, 0) is 46.0 Å². The molecule has 5 nitrogen and oxygen atoms in total. The van der Waals surface area contributed by atoms with Crippen molar-refractivity contribution in [2.45, 2.75) is 51.7 Å². The maximum absolute atomic E-state index is 11.4. The van der Waals surface area contributed by atoms with Crippen LogP contribution in [-0.2, 0) is 9.47 Å². The molecule has 18 heavy (non-hydrogen) atoms. The van der Waals surface area contributed by atoms with Gasteiger partial charge in [0.25, 0.3) is 0 Å². The van der Waals surface area contributed by atoms with E-state index in [2.05, 4.69) is 5.32 Å². The highest BCUT2D eigenvalue weighted by molar-refractivity contribution is 5.67. The third kappa shape index (κ3) is 6.81. The van der Waals surface area contributed by atoms with E-state index in [9.17, 15) is 4.79 Å². The summed E-state index contributed by atoms with van der Waals surface area (Å²) < 4.78 is 10.6. The summed E-state index contributed by atoms with van der Waals surface area (Å²) in [5, 5.41) is 2.70. The van der Waals surface area contributed by atoms with E-state index in [1.807, 2.05) is 20.8 Å². The fourth-order valence-electron chi connectivity index (χ4n) is 2.03. The number of nitrogens with one attached hydrogen (secondary N) is 1. The molecule has 1 rings (SSSR count). The summed E-state index contributed by atoms with van der Waals surface area (Å²) in [6.07, 6.45) is 2.75. The zero-order valence-corrected chi connectivity index (χ0v) is 11.7. The molecular weight excluding hydrogens is 232 g/mol. The van der Waals surface area contributed by atoms with Gasteiger partial charge in [-0.3, -0.25) is 0 Å². The maximum atomic E-state index is 11.4. The van der Waals surface area contributed by atoms with Crippen LogP contribution >= 0.6 is 0 Å². The molecule has 0 aromatic heterocycles. The minimum absolute atomic E-state index is 0.0378. The van der Waals surface area contributed by atoms with Gasteiger partial charge in [-0.15, -0.1) is 0 Å². The Labute approximate surface area is 109 Å². The van der Waals surface area contributed by atoms with Gasteiger partial charge in [0, 0.05) is 25.8 Å². The molecule has 0 spiro atoms. The summed E-state index contributed by atoms with van der Waals surface area (Å²) in [5.41, 5.74) is 5.52. The summed E-state index contributed by atoms with van der Waals surface area (Å²) >= 11 is 0. The van der Waals surface area contributed by atoms with Crippen molar-refractivity contribution in [2.75, 3.05) is 19.8 Å². The Hall–Kier alpha value is -0.810. The largest absolute Gasteiger partial charge is 0.444 e. The second-order valence-electron chi connectivity index (χ2n) is 5.96. The van der Waals surface area contributed by atoms with E-state index in [4.69, 9.17) is 15.2 Å². The average Bonchev–Trinajstić information content (AvgIpc) is 2.25. The standard InChI is InChI=1S/C13H26N2O3/c1-13(2,3)18-12(16)15-8-11(14)7-10-5-4-6-17-9-10/h10-11H,4-9,14H2,1-3H3,(H,15,16). The summed E-state index contributed by atoms with van der Waals surface area (Å²) in [7, 11) is 0. The van der Waals surface area contributed by atoms with E-state index in [-0.39, 0.29) is 6.04 Å². The highest BCUT2D eigenvalue weighted by Gasteiger charge is 2.19. The first-order chi connectivity index (χ1) is 8.37. The molecule has 1 fully saturated rings. The van der Waals surface area contributed by atoms with Gasteiger partial charge >= 0.3 is 6.09 Å². The van der Waals surface area contributed by atoms with Gasteiger partial charge in [-0.1, -0.05) is 0 Å². The molecule has 0 saturated carbocycles. The van der Waals surface area contributed by atoms with Gasteiger partial charge < -0.3 is 20.5 Å². The Morgan fingerprint density at radius 2 is 2.28 bits per heavy atom. The molecule has 0 radical (unpaired) electrons. The molecule has 1 aliphatic rings. The van der Waals surface area contributed by atoms with Crippen LogP contribution in [0.5, 0.6) is 0 Å². The Morgan fingerprint density at radius 3 is 2.83 bits per heavy atom. The number of carbonyl (C=O) groups is 1. The van der Waals surface area contributed by atoms with Crippen molar-refractivity contribution in [3.63, 3.8) is 0 Å². The zero-order valence-electron chi connectivity index (χ0n) is 11.7. The molecule has 5 heteroatoms. The van der Waals surface area contributed by atoms with Crippen LogP contribution in [0.4, 0.5) is 4.79 Å².